The van der Waals surface area contributed by atoms with Gasteiger partial charge in [-0.25, -0.2) is 13.1 Å². The van der Waals surface area contributed by atoms with E-state index in [9.17, 15) is 8.42 Å². The fourth-order valence-electron chi connectivity index (χ4n) is 1.43. The number of sulfonamides is 1. The maximum atomic E-state index is 11.8. The largest absolute Gasteiger partial charge is 0.310 e. The van der Waals surface area contributed by atoms with E-state index in [1.807, 2.05) is 19.1 Å². The molecule has 1 aromatic carbocycles. The minimum absolute atomic E-state index is 0.323. The zero-order valence-corrected chi connectivity index (χ0v) is 12.0. The molecule has 4 nitrogen and oxygen atoms in total. The molecule has 0 aliphatic heterocycles. The van der Waals surface area contributed by atoms with Gasteiger partial charge in [0.05, 0.1) is 4.90 Å². The summed E-state index contributed by atoms with van der Waals surface area (Å²) in [4.78, 5) is 0.323. The van der Waals surface area contributed by atoms with Crippen molar-refractivity contribution in [2.45, 2.75) is 44.7 Å². The van der Waals surface area contributed by atoms with Gasteiger partial charge in [-0.1, -0.05) is 32.9 Å². The lowest BCUT2D eigenvalue weighted by Gasteiger charge is -2.09. The van der Waals surface area contributed by atoms with E-state index in [4.69, 9.17) is 0 Å². The Balaban J connectivity index is 2.70. The quantitative estimate of drug-likeness (QED) is 0.795. The highest BCUT2D eigenvalue weighted by Gasteiger charge is 2.12. The van der Waals surface area contributed by atoms with Gasteiger partial charge in [-0.15, -0.1) is 0 Å². The minimum atomic E-state index is -3.34. The number of benzene rings is 1. The van der Waals surface area contributed by atoms with Gasteiger partial charge in [0.15, 0.2) is 0 Å². The zero-order chi connectivity index (χ0) is 13.6. The highest BCUT2D eigenvalue weighted by Crippen LogP contribution is 2.10. The summed E-state index contributed by atoms with van der Waals surface area (Å²) < 4.78 is 26.2. The molecule has 5 heteroatoms. The molecule has 0 aliphatic rings. The van der Waals surface area contributed by atoms with Crippen LogP contribution in [0.1, 0.15) is 32.8 Å². The van der Waals surface area contributed by atoms with E-state index in [0.29, 0.717) is 17.5 Å². The fourth-order valence-corrected chi connectivity index (χ4v) is 2.56. The van der Waals surface area contributed by atoms with Gasteiger partial charge in [0.2, 0.25) is 10.0 Å². The molecule has 0 amide bonds. The maximum absolute atomic E-state index is 11.8. The van der Waals surface area contributed by atoms with Crippen LogP contribution in [0, 0.1) is 0 Å². The Morgan fingerprint density at radius 2 is 1.78 bits per heavy atom. The molecule has 0 spiro atoms. The summed E-state index contributed by atoms with van der Waals surface area (Å²) in [5.74, 6) is 0. The lowest BCUT2D eigenvalue weighted by atomic mass is 10.2. The van der Waals surface area contributed by atoms with E-state index in [2.05, 4.69) is 23.9 Å². The number of nitrogens with one attached hydrogen (secondary N) is 2. The Labute approximate surface area is 110 Å². The van der Waals surface area contributed by atoms with Crippen LogP contribution in [-0.2, 0) is 16.6 Å². The average Bonchev–Trinajstić information content (AvgIpc) is 2.34. The van der Waals surface area contributed by atoms with Gasteiger partial charge in [-0.2, -0.15) is 0 Å². The second-order valence-corrected chi connectivity index (χ2v) is 6.34. The third-order valence-electron chi connectivity index (χ3n) is 2.49. The summed E-state index contributed by atoms with van der Waals surface area (Å²) in [6.07, 6.45) is 0.787. The van der Waals surface area contributed by atoms with Gasteiger partial charge in [-0.3, -0.25) is 0 Å². The van der Waals surface area contributed by atoms with Crippen molar-refractivity contribution in [2.75, 3.05) is 6.54 Å². The molecule has 0 saturated carbocycles. The van der Waals surface area contributed by atoms with Crippen molar-refractivity contribution < 1.29 is 8.42 Å². The van der Waals surface area contributed by atoms with Gasteiger partial charge in [0.1, 0.15) is 0 Å². The molecular weight excluding hydrogens is 248 g/mol. The summed E-state index contributed by atoms with van der Waals surface area (Å²) in [5, 5.41) is 3.29. The van der Waals surface area contributed by atoms with Crippen molar-refractivity contribution in [2.24, 2.45) is 0 Å². The van der Waals surface area contributed by atoms with Crippen molar-refractivity contribution in [1.82, 2.24) is 10.0 Å². The molecule has 18 heavy (non-hydrogen) atoms. The van der Waals surface area contributed by atoms with Crippen LogP contribution in [0.4, 0.5) is 0 Å². The predicted octanol–water partition coefficient (Wildman–Crippen LogP) is 1.87. The van der Waals surface area contributed by atoms with Crippen molar-refractivity contribution >= 4 is 10.0 Å². The second-order valence-electron chi connectivity index (χ2n) is 4.58. The first kappa shape index (κ1) is 15.1. The van der Waals surface area contributed by atoms with Gasteiger partial charge in [0.25, 0.3) is 0 Å². The van der Waals surface area contributed by atoms with E-state index >= 15 is 0 Å². The number of hydrogen-bond acceptors (Lipinski definition) is 3. The molecule has 0 atom stereocenters. The molecule has 0 bridgehead atoms. The average molecular weight is 270 g/mol. The third-order valence-corrected chi connectivity index (χ3v) is 3.97. The van der Waals surface area contributed by atoms with E-state index < -0.39 is 10.0 Å². The lowest BCUT2D eigenvalue weighted by molar-refractivity contribution is 0.579. The first-order valence-corrected chi connectivity index (χ1v) is 7.76. The highest BCUT2D eigenvalue weighted by molar-refractivity contribution is 7.89. The van der Waals surface area contributed by atoms with Crippen LogP contribution in [-0.4, -0.2) is 21.0 Å². The van der Waals surface area contributed by atoms with Crippen LogP contribution in [0.15, 0.2) is 29.2 Å². The summed E-state index contributed by atoms with van der Waals surface area (Å²) in [6, 6.07) is 7.40. The molecule has 0 unspecified atom stereocenters. The van der Waals surface area contributed by atoms with E-state index in [1.165, 1.54) is 0 Å². The molecule has 1 aromatic rings. The molecule has 0 aliphatic carbocycles. The summed E-state index contributed by atoms with van der Waals surface area (Å²) >= 11 is 0. The Morgan fingerprint density at radius 1 is 1.17 bits per heavy atom. The first-order chi connectivity index (χ1) is 8.45. The van der Waals surface area contributed by atoms with Gasteiger partial charge in [-0.05, 0) is 24.1 Å². The molecule has 0 aromatic heterocycles. The van der Waals surface area contributed by atoms with Crippen molar-refractivity contribution in [3.05, 3.63) is 29.8 Å². The van der Waals surface area contributed by atoms with Crippen LogP contribution in [0.2, 0.25) is 0 Å². The zero-order valence-electron chi connectivity index (χ0n) is 11.2. The fraction of sp³-hybridized carbons (Fsp3) is 0.538. The van der Waals surface area contributed by atoms with Crippen LogP contribution >= 0.6 is 0 Å². The number of rotatable bonds is 7. The smallest absolute Gasteiger partial charge is 0.240 e. The minimum Gasteiger partial charge on any atom is -0.310 e. The van der Waals surface area contributed by atoms with Crippen LogP contribution in [0.5, 0.6) is 0 Å². The SMILES string of the molecule is CCCNS(=O)(=O)c1ccc(CNC(C)C)cc1. The normalized spacial score (nSPS) is 12.0. The lowest BCUT2D eigenvalue weighted by Crippen LogP contribution is -2.24. The Hall–Kier alpha value is -0.910. The highest BCUT2D eigenvalue weighted by atomic mass is 32.2. The topological polar surface area (TPSA) is 58.2 Å². The van der Waals surface area contributed by atoms with Gasteiger partial charge in [0, 0.05) is 19.1 Å². The summed E-state index contributed by atoms with van der Waals surface area (Å²) in [7, 11) is -3.34. The van der Waals surface area contributed by atoms with Crippen LogP contribution < -0.4 is 10.0 Å². The Bertz CT molecular complexity index is 452. The van der Waals surface area contributed by atoms with Crippen molar-refractivity contribution in [3.63, 3.8) is 0 Å². The Kier molecular flexibility index (Phi) is 5.78. The van der Waals surface area contributed by atoms with E-state index in [-0.39, 0.29) is 0 Å². The van der Waals surface area contributed by atoms with E-state index in [1.54, 1.807) is 12.1 Å². The molecule has 1 rings (SSSR count). The molecule has 2 N–H and O–H groups in total. The molecule has 0 saturated heterocycles. The first-order valence-electron chi connectivity index (χ1n) is 6.27. The molecule has 0 radical (unpaired) electrons. The van der Waals surface area contributed by atoms with Crippen molar-refractivity contribution in [1.29, 1.82) is 0 Å². The van der Waals surface area contributed by atoms with Gasteiger partial charge >= 0.3 is 0 Å². The van der Waals surface area contributed by atoms with E-state index in [0.717, 1.165) is 18.5 Å². The summed E-state index contributed by atoms with van der Waals surface area (Å²) in [5.41, 5.74) is 1.08. The molecule has 102 valence electrons. The molecule has 0 fully saturated rings. The second kappa shape index (κ2) is 6.87. The molecule has 0 heterocycles. The standard InChI is InChI=1S/C13H22N2O2S/c1-4-9-15-18(16,17)13-7-5-12(6-8-13)10-14-11(2)3/h5-8,11,14-15H,4,9-10H2,1-3H3. The summed E-state index contributed by atoms with van der Waals surface area (Å²) in [6.45, 7) is 7.31. The van der Waals surface area contributed by atoms with Crippen LogP contribution in [0.25, 0.3) is 0 Å². The Morgan fingerprint density at radius 3 is 2.28 bits per heavy atom. The third kappa shape index (κ3) is 4.76. The number of hydrogen-bond donors (Lipinski definition) is 2. The van der Waals surface area contributed by atoms with Crippen molar-refractivity contribution in [3.8, 4) is 0 Å². The molecular formula is C13H22N2O2S. The van der Waals surface area contributed by atoms with Crippen LogP contribution in [0.3, 0.4) is 0 Å². The van der Waals surface area contributed by atoms with Gasteiger partial charge < -0.3 is 5.32 Å². The monoisotopic (exact) mass is 270 g/mol. The predicted molar refractivity (Wildman–Crippen MR) is 73.9 cm³/mol. The maximum Gasteiger partial charge on any atom is 0.240 e.